The fourth-order valence-electron chi connectivity index (χ4n) is 1.20. The Kier molecular flexibility index (Phi) is 3.56. The second kappa shape index (κ2) is 4.69. The van der Waals surface area contributed by atoms with E-state index in [1.54, 1.807) is 0 Å². The number of benzene rings is 1. The summed E-state index contributed by atoms with van der Waals surface area (Å²) in [6.07, 6.45) is 0.972. The highest BCUT2D eigenvalue weighted by Gasteiger charge is 2.08. The van der Waals surface area contributed by atoms with E-state index in [0.717, 1.165) is 13.0 Å². The molecule has 0 aliphatic rings. The number of methoxy groups -OCH3 is 1. The molecule has 0 saturated carbocycles. The van der Waals surface area contributed by atoms with Crippen LogP contribution < -0.4 is 15.8 Å². The summed E-state index contributed by atoms with van der Waals surface area (Å²) in [4.78, 5) is 0. The Morgan fingerprint density at radius 1 is 1.50 bits per heavy atom. The molecule has 0 aliphatic carbocycles. The van der Waals surface area contributed by atoms with Crippen molar-refractivity contribution in [1.29, 1.82) is 0 Å². The van der Waals surface area contributed by atoms with Crippen molar-refractivity contribution < 1.29 is 9.13 Å². The molecule has 0 unspecified atom stereocenters. The Hall–Kier alpha value is -1.45. The topological polar surface area (TPSA) is 47.3 Å². The third-order valence-corrected chi connectivity index (χ3v) is 1.87. The Balaban J connectivity index is 2.99. The number of hydrogen-bond acceptors (Lipinski definition) is 3. The van der Waals surface area contributed by atoms with Gasteiger partial charge in [-0.3, -0.25) is 0 Å². The SMILES string of the molecule is CCCNc1c(N)cc(F)cc1OC. The van der Waals surface area contributed by atoms with Crippen LogP contribution in [0.4, 0.5) is 15.8 Å². The minimum atomic E-state index is -0.388. The lowest BCUT2D eigenvalue weighted by Crippen LogP contribution is -2.05. The van der Waals surface area contributed by atoms with Crippen LogP contribution in [0.2, 0.25) is 0 Å². The zero-order valence-electron chi connectivity index (χ0n) is 8.43. The lowest BCUT2D eigenvalue weighted by atomic mass is 10.2. The van der Waals surface area contributed by atoms with E-state index in [-0.39, 0.29) is 5.82 Å². The molecule has 4 heteroatoms. The van der Waals surface area contributed by atoms with Crippen LogP contribution in [0.15, 0.2) is 12.1 Å². The first kappa shape index (κ1) is 10.6. The molecule has 0 fully saturated rings. The van der Waals surface area contributed by atoms with E-state index in [4.69, 9.17) is 10.5 Å². The van der Waals surface area contributed by atoms with Crippen LogP contribution in [0.5, 0.6) is 5.75 Å². The first-order chi connectivity index (χ1) is 6.69. The second-order valence-corrected chi connectivity index (χ2v) is 3.00. The summed E-state index contributed by atoms with van der Waals surface area (Å²) in [5, 5.41) is 3.09. The van der Waals surface area contributed by atoms with Gasteiger partial charge in [-0.25, -0.2) is 4.39 Å². The number of nitrogen functional groups attached to an aromatic ring is 1. The molecule has 0 aromatic heterocycles. The number of rotatable bonds is 4. The first-order valence-electron chi connectivity index (χ1n) is 4.56. The summed E-state index contributed by atoms with van der Waals surface area (Å²) in [6.45, 7) is 2.82. The fraction of sp³-hybridized carbons (Fsp3) is 0.400. The molecule has 0 atom stereocenters. The molecule has 0 saturated heterocycles. The Labute approximate surface area is 83.1 Å². The highest BCUT2D eigenvalue weighted by Crippen LogP contribution is 2.31. The van der Waals surface area contributed by atoms with E-state index in [1.165, 1.54) is 19.2 Å². The fourth-order valence-corrected chi connectivity index (χ4v) is 1.20. The molecule has 0 spiro atoms. The number of nitrogens with one attached hydrogen (secondary N) is 1. The smallest absolute Gasteiger partial charge is 0.146 e. The molecule has 78 valence electrons. The van der Waals surface area contributed by atoms with Gasteiger partial charge in [0, 0.05) is 12.6 Å². The molecule has 3 N–H and O–H groups in total. The second-order valence-electron chi connectivity index (χ2n) is 3.00. The van der Waals surface area contributed by atoms with E-state index in [9.17, 15) is 4.39 Å². The summed E-state index contributed by atoms with van der Waals surface area (Å²) in [7, 11) is 1.49. The predicted octanol–water partition coefficient (Wildman–Crippen LogP) is 2.24. The molecule has 1 aromatic carbocycles. The molecule has 1 aromatic rings. The number of halogens is 1. The molecule has 0 radical (unpaired) electrons. The molecule has 0 aliphatic heterocycles. The minimum absolute atomic E-state index is 0.371. The van der Waals surface area contributed by atoms with Gasteiger partial charge >= 0.3 is 0 Å². The number of hydrogen-bond donors (Lipinski definition) is 2. The number of anilines is 2. The van der Waals surface area contributed by atoms with Crippen molar-refractivity contribution in [1.82, 2.24) is 0 Å². The maximum atomic E-state index is 12.9. The molecule has 14 heavy (non-hydrogen) atoms. The lowest BCUT2D eigenvalue weighted by Gasteiger charge is -2.12. The van der Waals surface area contributed by atoms with Crippen LogP contribution in [0.25, 0.3) is 0 Å². The average molecular weight is 198 g/mol. The monoisotopic (exact) mass is 198 g/mol. The highest BCUT2D eigenvalue weighted by molar-refractivity contribution is 5.73. The molecule has 0 heterocycles. The van der Waals surface area contributed by atoms with E-state index >= 15 is 0 Å². The van der Waals surface area contributed by atoms with E-state index in [1.807, 2.05) is 6.92 Å². The summed E-state index contributed by atoms with van der Waals surface area (Å²) in [5.41, 5.74) is 6.69. The van der Waals surface area contributed by atoms with Crippen molar-refractivity contribution >= 4 is 11.4 Å². The van der Waals surface area contributed by atoms with Gasteiger partial charge in [-0.15, -0.1) is 0 Å². The predicted molar refractivity (Wildman–Crippen MR) is 56.1 cm³/mol. The van der Waals surface area contributed by atoms with E-state index < -0.39 is 0 Å². The Morgan fingerprint density at radius 3 is 2.79 bits per heavy atom. The van der Waals surface area contributed by atoms with Crippen LogP contribution in [-0.4, -0.2) is 13.7 Å². The lowest BCUT2D eigenvalue weighted by molar-refractivity contribution is 0.413. The number of nitrogens with two attached hydrogens (primary N) is 1. The van der Waals surface area contributed by atoms with Crippen molar-refractivity contribution in [2.24, 2.45) is 0 Å². The molecular formula is C10H15FN2O. The summed E-state index contributed by atoms with van der Waals surface area (Å²) >= 11 is 0. The van der Waals surface area contributed by atoms with Gasteiger partial charge in [-0.1, -0.05) is 6.92 Å². The molecule has 1 rings (SSSR count). The van der Waals surface area contributed by atoms with Gasteiger partial charge in [0.05, 0.1) is 12.8 Å². The van der Waals surface area contributed by atoms with Crippen molar-refractivity contribution in [2.75, 3.05) is 24.7 Å². The van der Waals surface area contributed by atoms with Crippen molar-refractivity contribution in [3.05, 3.63) is 17.9 Å². The van der Waals surface area contributed by atoms with Gasteiger partial charge in [0.25, 0.3) is 0 Å². The largest absolute Gasteiger partial charge is 0.494 e. The minimum Gasteiger partial charge on any atom is -0.494 e. The highest BCUT2D eigenvalue weighted by atomic mass is 19.1. The average Bonchev–Trinajstić information content (AvgIpc) is 2.15. The maximum Gasteiger partial charge on any atom is 0.146 e. The summed E-state index contributed by atoms with van der Waals surface area (Å²) < 4.78 is 18.0. The maximum absolute atomic E-state index is 12.9. The first-order valence-corrected chi connectivity index (χ1v) is 4.56. The van der Waals surface area contributed by atoms with Gasteiger partial charge in [-0.2, -0.15) is 0 Å². The van der Waals surface area contributed by atoms with Crippen molar-refractivity contribution in [3.8, 4) is 5.75 Å². The zero-order valence-corrected chi connectivity index (χ0v) is 8.43. The number of ether oxygens (including phenoxy) is 1. The zero-order chi connectivity index (χ0) is 10.6. The van der Waals surface area contributed by atoms with Gasteiger partial charge in [0.1, 0.15) is 17.3 Å². The molecular weight excluding hydrogens is 183 g/mol. The Morgan fingerprint density at radius 2 is 2.21 bits per heavy atom. The summed E-state index contributed by atoms with van der Waals surface area (Å²) in [5.74, 6) is 0.0531. The van der Waals surface area contributed by atoms with E-state index in [0.29, 0.717) is 17.1 Å². The van der Waals surface area contributed by atoms with Crippen LogP contribution >= 0.6 is 0 Å². The van der Waals surface area contributed by atoms with Crippen LogP contribution in [0.3, 0.4) is 0 Å². The van der Waals surface area contributed by atoms with Gasteiger partial charge in [0.2, 0.25) is 0 Å². The third-order valence-electron chi connectivity index (χ3n) is 1.87. The molecule has 0 amide bonds. The molecule has 0 bridgehead atoms. The van der Waals surface area contributed by atoms with Crippen molar-refractivity contribution in [2.45, 2.75) is 13.3 Å². The molecule has 3 nitrogen and oxygen atoms in total. The van der Waals surface area contributed by atoms with Gasteiger partial charge < -0.3 is 15.8 Å². The van der Waals surface area contributed by atoms with Gasteiger partial charge in [0.15, 0.2) is 0 Å². The van der Waals surface area contributed by atoms with Crippen LogP contribution in [0.1, 0.15) is 13.3 Å². The van der Waals surface area contributed by atoms with Crippen LogP contribution in [-0.2, 0) is 0 Å². The van der Waals surface area contributed by atoms with Crippen LogP contribution in [0, 0.1) is 5.82 Å². The van der Waals surface area contributed by atoms with E-state index in [2.05, 4.69) is 5.32 Å². The van der Waals surface area contributed by atoms with Crippen molar-refractivity contribution in [3.63, 3.8) is 0 Å². The standard InChI is InChI=1S/C10H15FN2O/c1-3-4-13-10-8(12)5-7(11)6-9(10)14-2/h5-6,13H,3-4,12H2,1-2H3. The van der Waals surface area contributed by atoms with Gasteiger partial charge in [-0.05, 0) is 12.5 Å². The normalized spacial score (nSPS) is 9.93. The summed E-state index contributed by atoms with van der Waals surface area (Å²) in [6, 6.07) is 2.59. The Bertz CT molecular complexity index is 315. The quantitative estimate of drug-likeness (QED) is 0.729. The third kappa shape index (κ3) is 2.28.